The predicted octanol–water partition coefficient (Wildman–Crippen LogP) is 2.68. The Hall–Kier alpha value is -2.74. The van der Waals surface area contributed by atoms with Crippen molar-refractivity contribution < 1.29 is 27.6 Å². The zero-order valence-corrected chi connectivity index (χ0v) is 21.8. The normalized spacial score (nSPS) is 23.5. The van der Waals surface area contributed by atoms with Crippen LogP contribution in [0.4, 0.5) is 5.82 Å². The minimum absolute atomic E-state index is 0.0860. The van der Waals surface area contributed by atoms with Crippen molar-refractivity contribution in [3.05, 3.63) is 74.9 Å². The van der Waals surface area contributed by atoms with Crippen molar-refractivity contribution in [3.8, 4) is 0 Å². The van der Waals surface area contributed by atoms with Gasteiger partial charge in [-0.05, 0) is 48.9 Å². The molecule has 1 aromatic carbocycles. The highest BCUT2D eigenvalue weighted by Gasteiger charge is 2.34. The first-order valence-corrected chi connectivity index (χ1v) is 14.3. The molecule has 0 unspecified atom stereocenters. The van der Waals surface area contributed by atoms with E-state index in [1.807, 2.05) is 29.8 Å². The molecule has 0 amide bonds. The van der Waals surface area contributed by atoms with E-state index in [0.717, 1.165) is 22.4 Å². The van der Waals surface area contributed by atoms with Gasteiger partial charge in [-0.1, -0.05) is 24.3 Å². The largest absolute Gasteiger partial charge is 0.393 e. The van der Waals surface area contributed by atoms with Crippen LogP contribution >= 0.6 is 11.3 Å². The standard InChI is InChI=1S/C25H28N4O6S2/c1-14-19(24-18-5-3-2-4-15(18)6-7-35-24)10-22(36-14)23(31)20-12-26-13-27-25(20)29-17-8-16(21(30)9-17)11-28-37(32,33)34/h2-5,10,12-13,16-17,21,24,28,30H,6-9,11H2,1H3,(H,26,27,29)(H,32,33,34)/t16-,17-,21+,24-/m1/s1. The van der Waals surface area contributed by atoms with E-state index in [2.05, 4.69) is 27.4 Å². The second-order valence-corrected chi connectivity index (χ2v) is 11.9. The quantitative estimate of drug-likeness (QED) is 0.248. The van der Waals surface area contributed by atoms with E-state index in [9.17, 15) is 18.3 Å². The highest BCUT2D eigenvalue weighted by atomic mass is 32.2. The van der Waals surface area contributed by atoms with Crippen molar-refractivity contribution in [2.45, 2.75) is 44.4 Å². The Labute approximate surface area is 219 Å². The van der Waals surface area contributed by atoms with E-state index in [-0.39, 0.29) is 30.4 Å². The van der Waals surface area contributed by atoms with Crippen LogP contribution in [0.1, 0.15) is 55.7 Å². The molecule has 0 radical (unpaired) electrons. The van der Waals surface area contributed by atoms with E-state index in [4.69, 9.17) is 9.29 Å². The second kappa shape index (κ2) is 10.6. The van der Waals surface area contributed by atoms with Gasteiger partial charge in [0, 0.05) is 29.6 Å². The molecule has 0 saturated heterocycles. The topological polar surface area (TPSA) is 151 Å². The molecule has 4 atom stereocenters. The lowest BCUT2D eigenvalue weighted by molar-refractivity contribution is 0.0697. The molecule has 37 heavy (non-hydrogen) atoms. The SMILES string of the molecule is Cc1sc(C(=O)c2cncnc2N[C@@H]2C[C@H](CNS(=O)(=O)O)[C@@H](O)C2)cc1[C@@H]1OCCc2ccccc21. The van der Waals surface area contributed by atoms with Crippen LogP contribution in [0.2, 0.25) is 0 Å². The number of hydrogen-bond donors (Lipinski definition) is 4. The molecule has 0 spiro atoms. The molecule has 3 heterocycles. The highest BCUT2D eigenvalue weighted by Crippen LogP contribution is 2.38. The van der Waals surface area contributed by atoms with Crippen molar-refractivity contribution in [1.29, 1.82) is 0 Å². The fourth-order valence-electron chi connectivity index (χ4n) is 5.11. The number of hydrogen-bond acceptors (Lipinski definition) is 9. The fourth-order valence-corrected chi connectivity index (χ4v) is 6.54. The van der Waals surface area contributed by atoms with Crippen molar-refractivity contribution >= 4 is 33.2 Å². The van der Waals surface area contributed by atoms with Crippen LogP contribution in [0.3, 0.4) is 0 Å². The summed E-state index contributed by atoms with van der Waals surface area (Å²) in [6, 6.07) is 9.86. The number of ketones is 1. The zero-order valence-electron chi connectivity index (χ0n) is 20.1. The van der Waals surface area contributed by atoms with Gasteiger partial charge >= 0.3 is 10.3 Å². The summed E-state index contributed by atoms with van der Waals surface area (Å²) in [4.78, 5) is 23.5. The Balaban J connectivity index is 1.34. The molecule has 1 fully saturated rings. The van der Waals surface area contributed by atoms with E-state index < -0.39 is 16.4 Å². The third-order valence-electron chi connectivity index (χ3n) is 6.94. The monoisotopic (exact) mass is 544 g/mol. The molecule has 0 bridgehead atoms. The van der Waals surface area contributed by atoms with Gasteiger partial charge in [-0.15, -0.1) is 11.3 Å². The van der Waals surface area contributed by atoms with Gasteiger partial charge < -0.3 is 15.2 Å². The second-order valence-electron chi connectivity index (χ2n) is 9.40. The summed E-state index contributed by atoms with van der Waals surface area (Å²) in [5.74, 6) is -0.247. The maximum atomic E-state index is 13.6. The summed E-state index contributed by atoms with van der Waals surface area (Å²) < 4.78 is 39.1. The number of anilines is 1. The van der Waals surface area contributed by atoms with Crippen LogP contribution in [0, 0.1) is 12.8 Å². The lowest BCUT2D eigenvalue weighted by Crippen LogP contribution is -2.32. The van der Waals surface area contributed by atoms with E-state index in [0.29, 0.717) is 35.7 Å². The van der Waals surface area contributed by atoms with Crippen molar-refractivity contribution in [2.75, 3.05) is 18.5 Å². The molecule has 1 aliphatic heterocycles. The molecule has 10 nitrogen and oxygen atoms in total. The van der Waals surface area contributed by atoms with Crippen molar-refractivity contribution in [1.82, 2.24) is 14.7 Å². The summed E-state index contributed by atoms with van der Waals surface area (Å²) in [5.41, 5.74) is 3.66. The first-order valence-electron chi connectivity index (χ1n) is 12.0. The minimum Gasteiger partial charge on any atom is -0.393 e. The third-order valence-corrected chi connectivity index (χ3v) is 8.54. The first kappa shape index (κ1) is 25.9. The molecule has 12 heteroatoms. The Morgan fingerprint density at radius 2 is 2.05 bits per heavy atom. The molecule has 5 rings (SSSR count). The van der Waals surface area contributed by atoms with Crippen molar-refractivity contribution in [3.63, 3.8) is 0 Å². The minimum atomic E-state index is -4.34. The van der Waals surface area contributed by atoms with Crippen LogP contribution in [0.25, 0.3) is 0 Å². The summed E-state index contributed by atoms with van der Waals surface area (Å²) in [5, 5.41) is 13.6. The Morgan fingerprint density at radius 3 is 2.86 bits per heavy atom. The first-order chi connectivity index (χ1) is 17.7. The number of ether oxygens (including phenoxy) is 1. The van der Waals surface area contributed by atoms with Gasteiger partial charge in [0.25, 0.3) is 0 Å². The summed E-state index contributed by atoms with van der Waals surface area (Å²) in [7, 11) is -4.34. The average Bonchev–Trinajstić information content (AvgIpc) is 3.43. The zero-order chi connectivity index (χ0) is 26.2. The van der Waals surface area contributed by atoms with E-state index in [1.165, 1.54) is 29.4 Å². The predicted molar refractivity (Wildman–Crippen MR) is 138 cm³/mol. The summed E-state index contributed by atoms with van der Waals surface area (Å²) >= 11 is 1.41. The lowest BCUT2D eigenvalue weighted by Gasteiger charge is -2.26. The number of aromatic nitrogens is 2. The average molecular weight is 545 g/mol. The molecule has 2 aliphatic rings. The van der Waals surface area contributed by atoms with Gasteiger partial charge in [-0.3, -0.25) is 9.35 Å². The Kier molecular flexibility index (Phi) is 7.39. The number of nitrogens with one attached hydrogen (secondary N) is 2. The maximum absolute atomic E-state index is 13.6. The van der Waals surface area contributed by atoms with Crippen LogP contribution in [-0.4, -0.2) is 59.1 Å². The van der Waals surface area contributed by atoms with Gasteiger partial charge in [0.15, 0.2) is 0 Å². The van der Waals surface area contributed by atoms with Gasteiger partial charge in [0.05, 0.1) is 23.2 Å². The Morgan fingerprint density at radius 1 is 1.24 bits per heavy atom. The van der Waals surface area contributed by atoms with Gasteiger partial charge in [0.2, 0.25) is 5.78 Å². The van der Waals surface area contributed by atoms with E-state index >= 15 is 0 Å². The Bertz CT molecular complexity index is 1410. The maximum Gasteiger partial charge on any atom is 0.333 e. The number of aliphatic hydroxyl groups excluding tert-OH is 1. The van der Waals surface area contributed by atoms with Gasteiger partial charge in [-0.25, -0.2) is 9.97 Å². The number of aliphatic hydroxyl groups is 1. The van der Waals surface area contributed by atoms with Crippen molar-refractivity contribution in [2.24, 2.45) is 5.92 Å². The number of thiophene rings is 1. The van der Waals surface area contributed by atoms with Gasteiger partial charge in [-0.2, -0.15) is 13.1 Å². The molecule has 1 aliphatic carbocycles. The summed E-state index contributed by atoms with van der Waals surface area (Å²) in [6.07, 6.45) is 3.47. The highest BCUT2D eigenvalue weighted by molar-refractivity contribution is 7.83. The molecule has 1 saturated carbocycles. The number of benzene rings is 1. The number of aryl methyl sites for hydroxylation is 1. The van der Waals surface area contributed by atoms with Crippen LogP contribution < -0.4 is 10.0 Å². The fraction of sp³-hybridized carbons (Fsp3) is 0.400. The molecule has 2 aromatic heterocycles. The molecule has 196 valence electrons. The smallest absolute Gasteiger partial charge is 0.333 e. The number of fused-ring (bicyclic) bond motifs is 1. The lowest BCUT2D eigenvalue weighted by atomic mass is 9.93. The summed E-state index contributed by atoms with van der Waals surface area (Å²) in [6.45, 7) is 2.52. The van der Waals surface area contributed by atoms with Crippen LogP contribution in [0.15, 0.2) is 42.9 Å². The van der Waals surface area contributed by atoms with Crippen LogP contribution in [0.5, 0.6) is 0 Å². The van der Waals surface area contributed by atoms with E-state index in [1.54, 1.807) is 0 Å². The van der Waals surface area contributed by atoms with Gasteiger partial charge in [0.1, 0.15) is 18.2 Å². The molecular weight excluding hydrogens is 516 g/mol. The molecule has 4 N–H and O–H groups in total. The number of nitrogens with zero attached hydrogens (tertiary/aromatic N) is 2. The number of carbonyl (C=O) groups is 1. The van der Waals surface area contributed by atoms with Crippen LogP contribution in [-0.2, 0) is 21.5 Å². The third kappa shape index (κ3) is 5.74. The molecule has 3 aromatic rings. The number of rotatable bonds is 8. The molecular formula is C25H28N4O6S2. The number of carbonyl (C=O) groups excluding carboxylic acids is 1.